The van der Waals surface area contributed by atoms with Gasteiger partial charge in [-0.05, 0) is 24.5 Å². The Bertz CT molecular complexity index is 527. The molecule has 0 fully saturated rings. The number of aromatic amines is 1. The summed E-state index contributed by atoms with van der Waals surface area (Å²) in [5.74, 6) is 1.20. The van der Waals surface area contributed by atoms with E-state index in [1.54, 1.807) is 11.8 Å². The van der Waals surface area contributed by atoms with Crippen molar-refractivity contribution in [3.63, 3.8) is 0 Å². The van der Waals surface area contributed by atoms with Crippen LogP contribution in [0.2, 0.25) is 0 Å². The highest BCUT2D eigenvalue weighted by Crippen LogP contribution is 2.24. The Morgan fingerprint density at radius 2 is 2.21 bits per heavy atom. The molecule has 6 heteroatoms. The average Bonchev–Trinajstić information content (AvgIpc) is 2.77. The van der Waals surface area contributed by atoms with Crippen LogP contribution in [0, 0.1) is 0 Å². The topological polar surface area (TPSA) is 57.7 Å². The van der Waals surface area contributed by atoms with Crippen molar-refractivity contribution in [1.29, 1.82) is 0 Å². The minimum atomic E-state index is 0. The fourth-order valence-corrected chi connectivity index (χ4v) is 2.26. The Balaban J connectivity index is 0.00000180. The van der Waals surface area contributed by atoms with Gasteiger partial charge >= 0.3 is 0 Å². The van der Waals surface area contributed by atoms with Crippen molar-refractivity contribution in [1.82, 2.24) is 4.98 Å². The number of nitrogens with two attached hydrogens (primary N) is 1. The fourth-order valence-electron chi connectivity index (χ4n) is 1.82. The number of aromatic nitrogens is 2. The van der Waals surface area contributed by atoms with Crippen LogP contribution < -0.4 is 28.0 Å². The van der Waals surface area contributed by atoms with Gasteiger partial charge < -0.3 is 23.5 Å². The Morgan fingerprint density at radius 1 is 1.42 bits per heavy atom. The third-order valence-corrected chi connectivity index (χ3v) is 3.64. The molecule has 0 bridgehead atoms. The summed E-state index contributed by atoms with van der Waals surface area (Å²) in [4.78, 5) is 4.44. The van der Waals surface area contributed by atoms with E-state index < -0.39 is 0 Å². The maximum atomic E-state index is 5.95. The fraction of sp³-hybridized carbons (Fsp3) is 0.308. The molecule has 2 rings (SSSR count). The molecule has 0 saturated carbocycles. The van der Waals surface area contributed by atoms with Crippen LogP contribution in [-0.4, -0.2) is 17.8 Å². The summed E-state index contributed by atoms with van der Waals surface area (Å²) in [5, 5.41) is 3.38. The molecule has 0 aliphatic rings. The predicted octanol–water partition coefficient (Wildman–Crippen LogP) is -1.20. The molecule has 104 valence electrons. The summed E-state index contributed by atoms with van der Waals surface area (Å²) in [5.41, 5.74) is 7.75. The van der Waals surface area contributed by atoms with Gasteiger partial charge in [-0.2, -0.15) is 0 Å². The van der Waals surface area contributed by atoms with E-state index in [-0.39, 0.29) is 12.4 Å². The van der Waals surface area contributed by atoms with Gasteiger partial charge in [-0.15, -0.1) is 11.8 Å². The molecule has 0 aliphatic heterocycles. The zero-order valence-corrected chi connectivity index (χ0v) is 12.7. The van der Waals surface area contributed by atoms with Crippen molar-refractivity contribution in [2.75, 3.05) is 23.9 Å². The highest BCUT2D eigenvalue weighted by molar-refractivity contribution is 7.98. The number of nitrogens with one attached hydrogen (secondary N) is 2. The first kappa shape index (κ1) is 15.7. The monoisotopic (exact) mass is 298 g/mol. The summed E-state index contributed by atoms with van der Waals surface area (Å²) in [6.07, 6.45) is 6.96. The Labute approximate surface area is 124 Å². The number of anilines is 2. The lowest BCUT2D eigenvalue weighted by Crippen LogP contribution is -3.00. The maximum absolute atomic E-state index is 5.95. The van der Waals surface area contributed by atoms with Gasteiger partial charge in [0.15, 0.2) is 0 Å². The molecule has 4 N–H and O–H groups in total. The number of hydrogen-bond acceptors (Lipinski definition) is 3. The highest BCUT2D eigenvalue weighted by Gasteiger charge is 2.06. The largest absolute Gasteiger partial charge is 1.00 e. The molecule has 0 unspecified atom stereocenters. The number of halogens is 1. The number of nitrogen functional groups attached to an aromatic ring is 1. The third kappa shape index (κ3) is 4.08. The van der Waals surface area contributed by atoms with Gasteiger partial charge in [0.2, 0.25) is 0 Å². The SMILES string of the molecule is CSc1ccc(N)c(NCCc2[nH]cc[n+]2C)c1.[Cl-]. The van der Waals surface area contributed by atoms with Crippen LogP contribution in [0.25, 0.3) is 0 Å². The van der Waals surface area contributed by atoms with Gasteiger partial charge in [-0.3, -0.25) is 0 Å². The zero-order valence-electron chi connectivity index (χ0n) is 11.1. The summed E-state index contributed by atoms with van der Waals surface area (Å²) < 4.78 is 2.09. The number of thioether (sulfide) groups is 1. The summed E-state index contributed by atoms with van der Waals surface area (Å²) >= 11 is 1.72. The molecule has 4 nitrogen and oxygen atoms in total. The molecule has 1 heterocycles. The van der Waals surface area contributed by atoms with Gasteiger partial charge in [0.05, 0.1) is 24.8 Å². The van der Waals surface area contributed by atoms with Gasteiger partial charge in [0, 0.05) is 11.4 Å². The first-order valence-electron chi connectivity index (χ1n) is 5.90. The number of benzene rings is 1. The number of hydrogen-bond donors (Lipinski definition) is 3. The zero-order chi connectivity index (χ0) is 13.0. The van der Waals surface area contributed by atoms with Crippen molar-refractivity contribution in [3.05, 3.63) is 36.4 Å². The molecule has 1 aromatic carbocycles. The minimum absolute atomic E-state index is 0. The quantitative estimate of drug-likeness (QED) is 0.369. The Hall–Kier alpha value is -1.33. The molecule has 0 radical (unpaired) electrons. The highest BCUT2D eigenvalue weighted by atomic mass is 35.5. The molecule has 0 spiro atoms. The van der Waals surface area contributed by atoms with Crippen molar-refractivity contribution in [2.45, 2.75) is 11.3 Å². The summed E-state index contributed by atoms with van der Waals surface area (Å²) in [6.45, 7) is 0.858. The second-order valence-corrected chi connectivity index (χ2v) is 5.03. The normalized spacial score (nSPS) is 10.0. The molecule has 0 saturated heterocycles. The molecular weight excluding hydrogens is 280 g/mol. The van der Waals surface area contributed by atoms with Crippen molar-refractivity contribution >= 4 is 23.1 Å². The van der Waals surface area contributed by atoms with Crippen LogP contribution in [0.1, 0.15) is 5.82 Å². The lowest BCUT2D eigenvalue weighted by molar-refractivity contribution is -0.677. The lowest BCUT2D eigenvalue weighted by Gasteiger charge is -2.09. The first-order valence-corrected chi connectivity index (χ1v) is 7.12. The number of H-pyrrole nitrogens is 1. The number of imidazole rings is 1. The maximum Gasteiger partial charge on any atom is 0.255 e. The van der Waals surface area contributed by atoms with Gasteiger partial charge in [-0.25, -0.2) is 9.55 Å². The average molecular weight is 299 g/mol. The molecule has 0 aliphatic carbocycles. The van der Waals surface area contributed by atoms with E-state index >= 15 is 0 Å². The van der Waals surface area contributed by atoms with E-state index in [4.69, 9.17) is 5.73 Å². The van der Waals surface area contributed by atoms with Crippen LogP contribution in [0.3, 0.4) is 0 Å². The van der Waals surface area contributed by atoms with Crippen LogP contribution in [-0.2, 0) is 13.5 Å². The van der Waals surface area contributed by atoms with Crippen LogP contribution in [0.5, 0.6) is 0 Å². The molecule has 1 aromatic heterocycles. The van der Waals surface area contributed by atoms with Crippen LogP contribution in [0.15, 0.2) is 35.5 Å². The summed E-state index contributed by atoms with van der Waals surface area (Å²) in [7, 11) is 2.04. The van der Waals surface area contributed by atoms with E-state index in [0.29, 0.717) is 0 Å². The van der Waals surface area contributed by atoms with Gasteiger partial charge in [0.25, 0.3) is 5.82 Å². The minimum Gasteiger partial charge on any atom is -1.00 e. The third-order valence-electron chi connectivity index (χ3n) is 2.91. The van der Waals surface area contributed by atoms with Crippen molar-refractivity contribution in [3.8, 4) is 0 Å². The molecule has 0 atom stereocenters. The van der Waals surface area contributed by atoms with Gasteiger partial charge in [0.1, 0.15) is 12.4 Å². The van der Waals surface area contributed by atoms with E-state index in [1.165, 1.54) is 10.7 Å². The standard InChI is InChI=1S/C13H18N4S.ClH/c1-17-8-7-16-13(17)5-6-15-12-9-10(18-2)3-4-11(12)14;/h3-4,7-9,15H,5-6,14H2,1-2H3;1H. The second-order valence-electron chi connectivity index (χ2n) is 4.15. The molecular formula is C13H19ClN4S. The predicted molar refractivity (Wildman–Crippen MR) is 76.8 cm³/mol. The number of nitrogens with zero attached hydrogens (tertiary/aromatic N) is 1. The second kappa shape index (κ2) is 7.31. The molecule has 2 aromatic rings. The van der Waals surface area contributed by atoms with Crippen molar-refractivity contribution in [2.24, 2.45) is 7.05 Å². The van der Waals surface area contributed by atoms with Crippen LogP contribution >= 0.6 is 11.8 Å². The Morgan fingerprint density at radius 3 is 2.84 bits per heavy atom. The van der Waals surface area contributed by atoms with E-state index in [2.05, 4.69) is 27.2 Å². The summed E-state index contributed by atoms with van der Waals surface area (Å²) in [6, 6.07) is 6.08. The molecule has 19 heavy (non-hydrogen) atoms. The van der Waals surface area contributed by atoms with Crippen LogP contribution in [0.4, 0.5) is 11.4 Å². The van der Waals surface area contributed by atoms with Crippen molar-refractivity contribution < 1.29 is 17.0 Å². The first-order chi connectivity index (χ1) is 8.70. The van der Waals surface area contributed by atoms with E-state index in [0.717, 1.165) is 24.3 Å². The lowest BCUT2D eigenvalue weighted by atomic mass is 10.2. The number of aryl methyl sites for hydroxylation is 1. The van der Waals surface area contributed by atoms with E-state index in [1.807, 2.05) is 31.6 Å². The smallest absolute Gasteiger partial charge is 0.255 e. The Kier molecular flexibility index (Phi) is 6.05. The number of rotatable bonds is 5. The van der Waals surface area contributed by atoms with E-state index in [9.17, 15) is 0 Å². The van der Waals surface area contributed by atoms with Gasteiger partial charge in [-0.1, -0.05) is 0 Å². The molecule has 0 amide bonds.